The molecule has 1 fully saturated rings. The molecule has 5 rings (SSSR count). The Labute approximate surface area is 233 Å². The van der Waals surface area contributed by atoms with Crippen molar-refractivity contribution in [1.82, 2.24) is 15.4 Å². The summed E-state index contributed by atoms with van der Waals surface area (Å²) >= 11 is 0. The van der Waals surface area contributed by atoms with Gasteiger partial charge in [0.1, 0.15) is 23.9 Å². The van der Waals surface area contributed by atoms with Gasteiger partial charge in [-0.3, -0.25) is 14.8 Å². The predicted octanol–water partition coefficient (Wildman–Crippen LogP) is 4.79. The zero-order chi connectivity index (χ0) is 28.3. The highest BCUT2D eigenvalue weighted by Crippen LogP contribution is 2.34. The Morgan fingerprint density at radius 1 is 1.07 bits per heavy atom. The Morgan fingerprint density at radius 3 is 2.48 bits per heavy atom. The molecule has 3 aromatic carbocycles. The Balaban J connectivity index is 1.34. The minimum atomic E-state index is -1.25. The molecule has 0 bridgehead atoms. The van der Waals surface area contributed by atoms with Crippen molar-refractivity contribution >= 4 is 22.7 Å². The van der Waals surface area contributed by atoms with E-state index in [1.54, 1.807) is 17.6 Å². The van der Waals surface area contributed by atoms with Gasteiger partial charge < -0.3 is 15.4 Å². The van der Waals surface area contributed by atoms with Crippen LogP contribution >= 0.6 is 0 Å². The minimum Gasteiger partial charge on any atom is -0.489 e. The number of nitrogens with one attached hydrogen (secondary N) is 1. The number of nitrogens with zero attached hydrogens (tertiary/aromatic N) is 2. The Hall–Kier alpha value is -4.27. The average Bonchev–Trinajstić information content (AvgIpc) is 3.29. The van der Waals surface area contributed by atoms with Gasteiger partial charge in [0.25, 0.3) is 5.91 Å². The van der Waals surface area contributed by atoms with Crippen LogP contribution in [0.25, 0.3) is 22.2 Å². The smallest absolute Gasteiger partial charge is 0.266 e. The number of carbonyl (C=O) groups excluding carboxylic acids is 2. The number of hydrogen-bond donors (Lipinski definition) is 3. The first-order chi connectivity index (χ1) is 19.3. The van der Waals surface area contributed by atoms with E-state index in [4.69, 9.17) is 15.5 Å². The van der Waals surface area contributed by atoms with Gasteiger partial charge in [0.05, 0.1) is 11.2 Å². The maximum absolute atomic E-state index is 13.4. The second-order valence-corrected chi connectivity index (χ2v) is 10.7. The normalized spacial score (nSPS) is 17.8. The van der Waals surface area contributed by atoms with Gasteiger partial charge in [0, 0.05) is 23.1 Å². The predicted molar refractivity (Wildman–Crippen MR) is 153 cm³/mol. The van der Waals surface area contributed by atoms with Gasteiger partial charge in [0.15, 0.2) is 0 Å². The molecule has 1 aliphatic heterocycles. The fourth-order valence-corrected chi connectivity index (χ4v) is 5.36. The monoisotopic (exact) mass is 538 g/mol. The van der Waals surface area contributed by atoms with Crippen LogP contribution in [0, 0.1) is 5.92 Å². The van der Waals surface area contributed by atoms with Crippen LogP contribution in [0.5, 0.6) is 5.75 Å². The van der Waals surface area contributed by atoms with Crippen LogP contribution in [0.3, 0.4) is 0 Å². The van der Waals surface area contributed by atoms with Gasteiger partial charge in [-0.15, -0.1) is 0 Å². The number of nitrogens with two attached hydrogens (primary N) is 1. The summed E-state index contributed by atoms with van der Waals surface area (Å²) in [4.78, 5) is 32.1. The third-order valence-corrected chi connectivity index (χ3v) is 7.51. The zero-order valence-corrected chi connectivity index (χ0v) is 22.7. The number of benzene rings is 3. The summed E-state index contributed by atoms with van der Waals surface area (Å²) in [6, 6.07) is 26.6. The molecule has 4 N–H and O–H groups in total. The first-order valence-electron chi connectivity index (χ1n) is 13.5. The van der Waals surface area contributed by atoms with Crippen LogP contribution < -0.4 is 16.0 Å². The van der Waals surface area contributed by atoms with E-state index in [2.05, 4.69) is 6.07 Å². The summed E-state index contributed by atoms with van der Waals surface area (Å²) in [5, 5.41) is 10.2. The standard InChI is InChI=1S/C32H34N4O4/c1-21(2)18-29(30(37)35-39)36-17-16-32(33,31(36)38)24-12-14-25(15-13-24)40-20-23-19-28(22-8-4-3-5-9-22)34-27-11-7-6-10-26(23)27/h3-15,19,21,29,39H,16-18,20,33H2,1-2H3,(H,35,37)/t29?,32-/m1/s1. The molecule has 0 spiro atoms. The third kappa shape index (κ3) is 5.41. The van der Waals surface area contributed by atoms with E-state index in [1.807, 2.05) is 80.6 Å². The van der Waals surface area contributed by atoms with E-state index in [1.165, 1.54) is 4.90 Å². The Kier molecular flexibility index (Phi) is 7.82. The minimum absolute atomic E-state index is 0.153. The zero-order valence-electron chi connectivity index (χ0n) is 22.7. The summed E-state index contributed by atoms with van der Waals surface area (Å²) in [6.07, 6.45) is 0.793. The van der Waals surface area contributed by atoms with Crippen molar-refractivity contribution in [3.8, 4) is 17.0 Å². The molecule has 206 valence electrons. The first kappa shape index (κ1) is 27.3. The van der Waals surface area contributed by atoms with Crippen molar-refractivity contribution in [3.63, 3.8) is 0 Å². The van der Waals surface area contributed by atoms with Gasteiger partial charge in [-0.05, 0) is 48.6 Å². The van der Waals surface area contributed by atoms with Crippen molar-refractivity contribution in [1.29, 1.82) is 0 Å². The highest BCUT2D eigenvalue weighted by atomic mass is 16.5. The van der Waals surface area contributed by atoms with E-state index >= 15 is 0 Å². The van der Waals surface area contributed by atoms with Crippen molar-refractivity contribution in [3.05, 3.63) is 96.1 Å². The number of rotatable bonds is 9. The summed E-state index contributed by atoms with van der Waals surface area (Å²) < 4.78 is 6.17. The van der Waals surface area contributed by atoms with Crippen molar-refractivity contribution in [2.24, 2.45) is 11.7 Å². The molecule has 0 radical (unpaired) electrons. The molecule has 1 unspecified atom stereocenters. The molecular formula is C32H34N4O4. The van der Waals surface area contributed by atoms with Crippen LogP contribution in [-0.2, 0) is 21.7 Å². The number of hydrogen-bond acceptors (Lipinski definition) is 6. The van der Waals surface area contributed by atoms with E-state index < -0.39 is 17.5 Å². The molecule has 0 saturated carbocycles. The second kappa shape index (κ2) is 11.5. The molecule has 1 aromatic heterocycles. The van der Waals surface area contributed by atoms with Crippen LogP contribution in [-0.4, -0.2) is 39.5 Å². The van der Waals surface area contributed by atoms with Gasteiger partial charge >= 0.3 is 0 Å². The van der Waals surface area contributed by atoms with E-state index in [9.17, 15) is 14.8 Å². The molecule has 8 nitrogen and oxygen atoms in total. The quantitative estimate of drug-likeness (QED) is 0.208. The second-order valence-electron chi connectivity index (χ2n) is 10.7. The number of ether oxygens (including phenoxy) is 1. The largest absolute Gasteiger partial charge is 0.489 e. The van der Waals surface area contributed by atoms with Gasteiger partial charge in [-0.2, -0.15) is 0 Å². The topological polar surface area (TPSA) is 118 Å². The molecule has 1 aliphatic rings. The van der Waals surface area contributed by atoms with E-state index in [0.717, 1.165) is 27.7 Å². The average molecular weight is 539 g/mol. The van der Waals surface area contributed by atoms with Crippen LogP contribution in [0.2, 0.25) is 0 Å². The Morgan fingerprint density at radius 2 is 1.77 bits per heavy atom. The van der Waals surface area contributed by atoms with Crippen LogP contribution in [0.15, 0.2) is 84.9 Å². The lowest BCUT2D eigenvalue weighted by Crippen LogP contribution is -2.52. The van der Waals surface area contributed by atoms with Crippen molar-refractivity contribution < 1.29 is 19.5 Å². The lowest BCUT2D eigenvalue weighted by Gasteiger charge is -2.30. The molecule has 2 amide bonds. The van der Waals surface area contributed by atoms with Crippen molar-refractivity contribution in [2.45, 2.75) is 44.9 Å². The molecule has 1 saturated heterocycles. The number of aromatic nitrogens is 1. The Bertz CT molecular complexity index is 1510. The van der Waals surface area contributed by atoms with Crippen molar-refractivity contribution in [2.75, 3.05) is 6.54 Å². The molecule has 0 aliphatic carbocycles. The lowest BCUT2D eigenvalue weighted by atomic mass is 9.89. The third-order valence-electron chi connectivity index (χ3n) is 7.51. The van der Waals surface area contributed by atoms with Crippen LogP contribution in [0.1, 0.15) is 37.8 Å². The van der Waals surface area contributed by atoms with Gasteiger partial charge in [0.2, 0.25) is 5.91 Å². The molecule has 40 heavy (non-hydrogen) atoms. The number of para-hydroxylation sites is 1. The first-order valence-corrected chi connectivity index (χ1v) is 13.5. The molecule has 2 atom stereocenters. The molecule has 4 aromatic rings. The maximum atomic E-state index is 13.4. The molecular weight excluding hydrogens is 504 g/mol. The number of amides is 2. The summed E-state index contributed by atoms with van der Waals surface area (Å²) in [5.74, 6) is -0.129. The van der Waals surface area contributed by atoms with Crippen LogP contribution in [0.4, 0.5) is 0 Å². The fraction of sp³-hybridized carbons (Fsp3) is 0.281. The SMILES string of the molecule is CC(C)CC(C(=O)NO)N1CC[C@@](N)(c2ccc(OCc3cc(-c4ccccc4)nc4ccccc34)cc2)C1=O. The summed E-state index contributed by atoms with van der Waals surface area (Å²) in [5.41, 5.74) is 11.6. The number of pyridine rings is 1. The maximum Gasteiger partial charge on any atom is 0.266 e. The van der Waals surface area contributed by atoms with Gasteiger partial charge in [-0.25, -0.2) is 10.5 Å². The number of hydroxylamine groups is 1. The van der Waals surface area contributed by atoms with E-state index in [0.29, 0.717) is 37.3 Å². The van der Waals surface area contributed by atoms with E-state index in [-0.39, 0.29) is 11.8 Å². The summed E-state index contributed by atoms with van der Waals surface area (Å²) in [7, 11) is 0. The number of carbonyl (C=O) groups is 2. The number of likely N-dealkylation sites (tertiary alicyclic amines) is 1. The lowest BCUT2D eigenvalue weighted by molar-refractivity contribution is -0.144. The number of fused-ring (bicyclic) bond motifs is 1. The summed E-state index contributed by atoms with van der Waals surface area (Å²) in [6.45, 7) is 4.60. The highest BCUT2D eigenvalue weighted by molar-refractivity contribution is 5.94. The molecule has 2 heterocycles. The highest BCUT2D eigenvalue weighted by Gasteiger charge is 2.48. The fourth-order valence-electron chi connectivity index (χ4n) is 5.36. The van der Waals surface area contributed by atoms with Gasteiger partial charge in [-0.1, -0.05) is 74.5 Å². The molecule has 8 heteroatoms.